The number of benzene rings is 1. The third kappa shape index (κ3) is 3.38. The van der Waals surface area contributed by atoms with Gasteiger partial charge in [-0.2, -0.15) is 0 Å². The maximum absolute atomic E-state index is 11.7. The molecule has 0 atom stereocenters. The monoisotopic (exact) mass is 265 g/mol. The van der Waals surface area contributed by atoms with Gasteiger partial charge in [-0.25, -0.2) is 4.79 Å². The highest BCUT2D eigenvalue weighted by Gasteiger charge is 2.19. The van der Waals surface area contributed by atoms with Crippen LogP contribution in [0, 0.1) is 0 Å². The molecule has 1 aliphatic heterocycles. The molecule has 1 aliphatic rings. The molecule has 0 saturated carbocycles. The zero-order valence-corrected chi connectivity index (χ0v) is 11.1. The summed E-state index contributed by atoms with van der Waals surface area (Å²) < 4.78 is 16.1. The number of anilines is 1. The van der Waals surface area contributed by atoms with Gasteiger partial charge in [-0.15, -0.1) is 0 Å². The first-order valence-corrected chi connectivity index (χ1v) is 6.52. The van der Waals surface area contributed by atoms with Crippen molar-refractivity contribution in [2.24, 2.45) is 0 Å². The zero-order valence-electron chi connectivity index (χ0n) is 11.1. The van der Waals surface area contributed by atoms with Crippen molar-refractivity contribution < 1.29 is 19.0 Å². The Labute approximate surface area is 112 Å². The van der Waals surface area contributed by atoms with Gasteiger partial charge in [0.1, 0.15) is 11.9 Å². The number of esters is 1. The Morgan fingerprint density at radius 1 is 1.42 bits per heavy atom. The third-order valence-electron chi connectivity index (χ3n) is 3.02. The molecule has 1 aromatic rings. The SMILES string of the molecule is CCOC(=O)c1cccc(OC2CCOCC2)c1N. The van der Waals surface area contributed by atoms with Crippen molar-refractivity contribution in [1.29, 1.82) is 0 Å². The van der Waals surface area contributed by atoms with Crippen LogP contribution in [0.4, 0.5) is 5.69 Å². The molecule has 1 fully saturated rings. The molecule has 0 unspecified atom stereocenters. The number of rotatable bonds is 4. The van der Waals surface area contributed by atoms with Gasteiger partial charge in [-0.1, -0.05) is 6.07 Å². The maximum atomic E-state index is 11.7. The average molecular weight is 265 g/mol. The van der Waals surface area contributed by atoms with Crippen molar-refractivity contribution in [2.75, 3.05) is 25.6 Å². The second-order valence-corrected chi connectivity index (χ2v) is 4.37. The summed E-state index contributed by atoms with van der Waals surface area (Å²) in [6.45, 7) is 3.48. The predicted octanol–water partition coefficient (Wildman–Crippen LogP) is 2.00. The second kappa shape index (κ2) is 6.43. The molecule has 104 valence electrons. The van der Waals surface area contributed by atoms with Gasteiger partial charge in [-0.05, 0) is 19.1 Å². The van der Waals surface area contributed by atoms with Gasteiger partial charge in [0.2, 0.25) is 0 Å². The normalized spacial score (nSPS) is 16.1. The Balaban J connectivity index is 2.12. The summed E-state index contributed by atoms with van der Waals surface area (Å²) in [6.07, 6.45) is 1.76. The fraction of sp³-hybridized carbons (Fsp3) is 0.500. The molecule has 1 saturated heterocycles. The first kappa shape index (κ1) is 13.7. The van der Waals surface area contributed by atoms with E-state index in [2.05, 4.69) is 0 Å². The van der Waals surface area contributed by atoms with E-state index in [9.17, 15) is 4.79 Å². The van der Waals surface area contributed by atoms with Gasteiger partial charge in [0.05, 0.1) is 31.1 Å². The molecule has 19 heavy (non-hydrogen) atoms. The second-order valence-electron chi connectivity index (χ2n) is 4.37. The minimum absolute atomic E-state index is 0.0912. The molecule has 2 rings (SSSR count). The first-order valence-electron chi connectivity index (χ1n) is 6.52. The van der Waals surface area contributed by atoms with E-state index >= 15 is 0 Å². The van der Waals surface area contributed by atoms with Gasteiger partial charge < -0.3 is 19.9 Å². The van der Waals surface area contributed by atoms with E-state index in [1.165, 1.54) is 0 Å². The van der Waals surface area contributed by atoms with Crippen LogP contribution in [0.25, 0.3) is 0 Å². The highest BCUT2D eigenvalue weighted by Crippen LogP contribution is 2.28. The van der Waals surface area contributed by atoms with Gasteiger partial charge in [0.15, 0.2) is 0 Å². The summed E-state index contributed by atoms with van der Waals surface area (Å²) in [7, 11) is 0. The molecular formula is C14H19NO4. The van der Waals surface area contributed by atoms with E-state index in [1.54, 1.807) is 25.1 Å². The Kier molecular flexibility index (Phi) is 4.63. The number of nitrogens with two attached hydrogens (primary N) is 1. The molecular weight excluding hydrogens is 246 g/mol. The summed E-state index contributed by atoms with van der Waals surface area (Å²) in [5.74, 6) is 0.120. The molecule has 0 amide bonds. The number of ether oxygens (including phenoxy) is 3. The van der Waals surface area contributed by atoms with Crippen LogP contribution in [0.1, 0.15) is 30.1 Å². The predicted molar refractivity (Wildman–Crippen MR) is 71.3 cm³/mol. The summed E-state index contributed by atoms with van der Waals surface area (Å²) >= 11 is 0. The van der Waals surface area contributed by atoms with E-state index in [0.29, 0.717) is 36.8 Å². The van der Waals surface area contributed by atoms with Gasteiger partial charge in [-0.3, -0.25) is 0 Å². The van der Waals surface area contributed by atoms with Crippen LogP contribution >= 0.6 is 0 Å². The lowest BCUT2D eigenvalue weighted by molar-refractivity contribution is 0.0257. The summed E-state index contributed by atoms with van der Waals surface area (Å²) in [5, 5.41) is 0. The highest BCUT2D eigenvalue weighted by molar-refractivity contribution is 5.96. The van der Waals surface area contributed by atoms with Gasteiger partial charge in [0.25, 0.3) is 0 Å². The smallest absolute Gasteiger partial charge is 0.340 e. The molecule has 2 N–H and O–H groups in total. The van der Waals surface area contributed by atoms with E-state index in [1.807, 2.05) is 0 Å². The summed E-state index contributed by atoms with van der Waals surface area (Å²) in [6, 6.07) is 5.16. The lowest BCUT2D eigenvalue weighted by Gasteiger charge is -2.24. The Hall–Kier alpha value is -1.75. The molecule has 0 spiro atoms. The van der Waals surface area contributed by atoms with Crippen LogP contribution in [-0.4, -0.2) is 31.9 Å². The van der Waals surface area contributed by atoms with Crippen LogP contribution in [0.15, 0.2) is 18.2 Å². The molecule has 0 aliphatic carbocycles. The van der Waals surface area contributed by atoms with Crippen LogP contribution in [0.2, 0.25) is 0 Å². The van der Waals surface area contributed by atoms with Crippen molar-refractivity contribution >= 4 is 11.7 Å². The van der Waals surface area contributed by atoms with Crippen molar-refractivity contribution in [1.82, 2.24) is 0 Å². The van der Waals surface area contributed by atoms with E-state index in [0.717, 1.165) is 12.8 Å². The Morgan fingerprint density at radius 2 is 2.16 bits per heavy atom. The molecule has 0 bridgehead atoms. The number of nitrogen functional groups attached to an aromatic ring is 1. The first-order chi connectivity index (χ1) is 9.22. The third-order valence-corrected chi connectivity index (χ3v) is 3.02. The fourth-order valence-corrected chi connectivity index (χ4v) is 2.01. The summed E-state index contributed by atoms with van der Waals surface area (Å²) in [5.41, 5.74) is 6.67. The molecule has 1 aromatic carbocycles. The van der Waals surface area contributed by atoms with E-state index in [4.69, 9.17) is 19.9 Å². The van der Waals surface area contributed by atoms with E-state index in [-0.39, 0.29) is 6.10 Å². The van der Waals surface area contributed by atoms with Crippen molar-refractivity contribution in [3.8, 4) is 5.75 Å². The number of hydrogen-bond donors (Lipinski definition) is 1. The lowest BCUT2D eigenvalue weighted by Crippen LogP contribution is -2.26. The average Bonchev–Trinajstić information content (AvgIpc) is 2.42. The van der Waals surface area contributed by atoms with Gasteiger partial charge >= 0.3 is 5.97 Å². The van der Waals surface area contributed by atoms with Crippen molar-refractivity contribution in [2.45, 2.75) is 25.9 Å². The molecule has 5 heteroatoms. The maximum Gasteiger partial charge on any atom is 0.340 e. The Bertz CT molecular complexity index is 441. The molecule has 5 nitrogen and oxygen atoms in total. The van der Waals surface area contributed by atoms with Crippen molar-refractivity contribution in [3.05, 3.63) is 23.8 Å². The number of carbonyl (C=O) groups is 1. The van der Waals surface area contributed by atoms with Crippen molar-refractivity contribution in [3.63, 3.8) is 0 Å². The van der Waals surface area contributed by atoms with Crippen LogP contribution in [0.5, 0.6) is 5.75 Å². The molecule has 1 heterocycles. The van der Waals surface area contributed by atoms with Crippen LogP contribution in [-0.2, 0) is 9.47 Å². The lowest BCUT2D eigenvalue weighted by atomic mass is 10.1. The Morgan fingerprint density at radius 3 is 2.84 bits per heavy atom. The number of carbonyl (C=O) groups excluding carboxylic acids is 1. The minimum Gasteiger partial charge on any atom is -0.488 e. The van der Waals surface area contributed by atoms with Crippen LogP contribution in [0.3, 0.4) is 0 Å². The minimum atomic E-state index is -0.419. The van der Waals surface area contributed by atoms with E-state index < -0.39 is 5.97 Å². The number of para-hydroxylation sites is 1. The standard InChI is InChI=1S/C14H19NO4/c1-2-18-14(16)11-4-3-5-12(13(11)15)19-10-6-8-17-9-7-10/h3-5,10H,2,6-9,15H2,1H3. The van der Waals surface area contributed by atoms with Gasteiger partial charge in [0, 0.05) is 12.8 Å². The highest BCUT2D eigenvalue weighted by atomic mass is 16.5. The number of hydrogen-bond acceptors (Lipinski definition) is 5. The fourth-order valence-electron chi connectivity index (χ4n) is 2.01. The molecule has 0 aromatic heterocycles. The zero-order chi connectivity index (χ0) is 13.7. The largest absolute Gasteiger partial charge is 0.488 e. The topological polar surface area (TPSA) is 70.8 Å². The van der Waals surface area contributed by atoms with Crippen LogP contribution < -0.4 is 10.5 Å². The summed E-state index contributed by atoms with van der Waals surface area (Å²) in [4.78, 5) is 11.7. The quantitative estimate of drug-likeness (QED) is 0.666. The molecule has 0 radical (unpaired) electrons.